The van der Waals surface area contributed by atoms with E-state index in [1.165, 1.54) is 25.7 Å². The van der Waals surface area contributed by atoms with Crippen LogP contribution >= 0.6 is 11.6 Å². The van der Waals surface area contributed by atoms with Gasteiger partial charge in [-0.1, -0.05) is 29.3 Å². The lowest BCUT2D eigenvalue weighted by atomic mass is 9.97. The average Bonchev–Trinajstić information content (AvgIpc) is 2.55. The molecule has 4 nitrogen and oxygen atoms in total. The zero-order valence-corrected chi connectivity index (χ0v) is 14.7. The number of hydrogen-bond donors (Lipinski definition) is 2. The van der Waals surface area contributed by atoms with Gasteiger partial charge in [-0.2, -0.15) is 4.98 Å². The summed E-state index contributed by atoms with van der Waals surface area (Å²) in [5.41, 5.74) is 3.37. The molecule has 2 N–H and O–H groups in total. The molecule has 1 aliphatic carbocycles. The quantitative estimate of drug-likeness (QED) is 0.682. The van der Waals surface area contributed by atoms with Crippen molar-refractivity contribution in [3.63, 3.8) is 0 Å². The zero-order valence-electron chi connectivity index (χ0n) is 14.0. The predicted octanol–water partition coefficient (Wildman–Crippen LogP) is 5.48. The molecule has 0 saturated heterocycles. The third-order valence-corrected chi connectivity index (χ3v) is 4.31. The topological polar surface area (TPSA) is 49.8 Å². The van der Waals surface area contributed by atoms with Crippen LogP contribution in [-0.4, -0.2) is 16.5 Å². The maximum Gasteiger partial charge on any atom is 0.229 e. The Bertz CT molecular complexity index is 727. The number of nitrogens with zero attached hydrogens (tertiary/aromatic N) is 2. The van der Waals surface area contributed by atoms with Crippen molar-refractivity contribution < 1.29 is 0 Å². The minimum Gasteiger partial charge on any atom is -0.370 e. The summed E-state index contributed by atoms with van der Waals surface area (Å²) in [7, 11) is 0. The molecule has 1 aromatic heterocycles. The van der Waals surface area contributed by atoms with Crippen LogP contribution in [0.15, 0.2) is 42.0 Å². The molecule has 0 atom stereocenters. The van der Waals surface area contributed by atoms with Crippen LogP contribution in [0.4, 0.5) is 17.5 Å². The van der Waals surface area contributed by atoms with Gasteiger partial charge in [-0.3, -0.25) is 0 Å². The van der Waals surface area contributed by atoms with Crippen molar-refractivity contribution in [1.29, 1.82) is 0 Å². The summed E-state index contributed by atoms with van der Waals surface area (Å²) in [6, 6.07) is 9.52. The fraction of sp³-hybridized carbons (Fsp3) is 0.368. The van der Waals surface area contributed by atoms with Gasteiger partial charge in [-0.15, -0.1) is 0 Å². The molecule has 0 unspecified atom stereocenters. The van der Waals surface area contributed by atoms with Gasteiger partial charge in [0.05, 0.1) is 0 Å². The van der Waals surface area contributed by atoms with Gasteiger partial charge in [-0.05, 0) is 57.2 Å². The minimum atomic E-state index is 0.580. The second kappa shape index (κ2) is 8.15. The SMILES string of the molecule is Cc1cc(NCCC2=CCCCC2)nc(Nc2cccc(Cl)c2)n1. The Kier molecular flexibility index (Phi) is 5.70. The first-order valence-corrected chi connectivity index (χ1v) is 8.87. The van der Waals surface area contributed by atoms with Gasteiger partial charge in [0.1, 0.15) is 5.82 Å². The number of aromatic nitrogens is 2. The predicted molar refractivity (Wildman–Crippen MR) is 101 cm³/mol. The van der Waals surface area contributed by atoms with Gasteiger partial charge in [0, 0.05) is 29.0 Å². The first-order valence-electron chi connectivity index (χ1n) is 8.49. The van der Waals surface area contributed by atoms with Gasteiger partial charge < -0.3 is 10.6 Å². The van der Waals surface area contributed by atoms with Crippen LogP contribution in [0.3, 0.4) is 0 Å². The molecule has 3 rings (SSSR count). The summed E-state index contributed by atoms with van der Waals surface area (Å²) < 4.78 is 0. The summed E-state index contributed by atoms with van der Waals surface area (Å²) in [5, 5.41) is 7.31. The Labute approximate surface area is 148 Å². The standard InChI is InChI=1S/C19H23ClN4/c1-14-12-18(21-11-10-15-6-3-2-4-7-15)24-19(22-14)23-17-9-5-8-16(20)13-17/h5-6,8-9,12-13H,2-4,7,10-11H2,1H3,(H2,21,22,23,24). The maximum absolute atomic E-state index is 6.02. The molecule has 5 heteroatoms. The van der Waals surface area contributed by atoms with E-state index in [4.69, 9.17) is 11.6 Å². The molecule has 0 spiro atoms. The van der Waals surface area contributed by atoms with Crippen molar-refractivity contribution in [2.45, 2.75) is 39.0 Å². The van der Waals surface area contributed by atoms with Crippen LogP contribution in [0.25, 0.3) is 0 Å². The average molecular weight is 343 g/mol. The van der Waals surface area contributed by atoms with Crippen LogP contribution in [0.2, 0.25) is 5.02 Å². The van der Waals surface area contributed by atoms with Gasteiger partial charge in [-0.25, -0.2) is 4.98 Å². The molecule has 24 heavy (non-hydrogen) atoms. The first kappa shape index (κ1) is 16.8. The lowest BCUT2D eigenvalue weighted by Gasteiger charge is -2.14. The number of benzene rings is 1. The first-order chi connectivity index (χ1) is 11.7. The molecule has 2 aromatic rings. The number of halogens is 1. The number of allylic oxidation sites excluding steroid dienone is 1. The fourth-order valence-electron chi connectivity index (χ4n) is 2.89. The Morgan fingerprint density at radius 3 is 2.88 bits per heavy atom. The van der Waals surface area contributed by atoms with Crippen LogP contribution in [-0.2, 0) is 0 Å². The Morgan fingerprint density at radius 1 is 1.17 bits per heavy atom. The molecule has 0 bridgehead atoms. The largest absolute Gasteiger partial charge is 0.370 e. The Balaban J connectivity index is 1.61. The number of hydrogen-bond acceptors (Lipinski definition) is 4. The molecule has 0 radical (unpaired) electrons. The molecular weight excluding hydrogens is 320 g/mol. The van der Waals surface area contributed by atoms with Crippen molar-refractivity contribution >= 4 is 29.1 Å². The second-order valence-corrected chi connectivity index (χ2v) is 6.57. The van der Waals surface area contributed by atoms with E-state index in [-0.39, 0.29) is 0 Å². The van der Waals surface area contributed by atoms with E-state index in [9.17, 15) is 0 Å². The number of anilines is 3. The summed E-state index contributed by atoms with van der Waals surface area (Å²) in [6.07, 6.45) is 8.61. The van der Waals surface area contributed by atoms with Crippen molar-refractivity contribution in [1.82, 2.24) is 9.97 Å². The van der Waals surface area contributed by atoms with Gasteiger partial charge in [0.25, 0.3) is 0 Å². The third-order valence-electron chi connectivity index (χ3n) is 4.07. The molecule has 0 aliphatic heterocycles. The highest BCUT2D eigenvalue weighted by atomic mass is 35.5. The lowest BCUT2D eigenvalue weighted by molar-refractivity contribution is 0.679. The zero-order chi connectivity index (χ0) is 16.8. The van der Waals surface area contributed by atoms with Crippen molar-refractivity contribution in [2.75, 3.05) is 17.2 Å². The Morgan fingerprint density at radius 2 is 2.08 bits per heavy atom. The molecule has 1 aromatic carbocycles. The molecule has 0 amide bonds. The molecule has 126 valence electrons. The van der Waals surface area contributed by atoms with Crippen molar-refractivity contribution in [3.05, 3.63) is 52.7 Å². The van der Waals surface area contributed by atoms with Crippen LogP contribution in [0.1, 0.15) is 37.8 Å². The normalized spacial score (nSPS) is 14.2. The summed E-state index contributed by atoms with van der Waals surface area (Å²) in [6.45, 7) is 2.87. The van der Waals surface area contributed by atoms with E-state index in [0.717, 1.165) is 30.2 Å². The molecule has 0 fully saturated rings. The smallest absolute Gasteiger partial charge is 0.229 e. The Hall–Kier alpha value is -2.07. The van der Waals surface area contributed by atoms with E-state index in [1.807, 2.05) is 37.3 Å². The van der Waals surface area contributed by atoms with E-state index in [1.54, 1.807) is 5.57 Å². The maximum atomic E-state index is 6.02. The van der Waals surface area contributed by atoms with Gasteiger partial charge in [0.2, 0.25) is 5.95 Å². The highest BCUT2D eigenvalue weighted by molar-refractivity contribution is 6.30. The molecule has 1 aliphatic rings. The number of nitrogens with one attached hydrogen (secondary N) is 2. The van der Waals surface area contributed by atoms with E-state index >= 15 is 0 Å². The van der Waals surface area contributed by atoms with E-state index in [2.05, 4.69) is 26.7 Å². The lowest BCUT2D eigenvalue weighted by Crippen LogP contribution is -2.08. The number of rotatable bonds is 6. The van der Waals surface area contributed by atoms with Gasteiger partial charge >= 0.3 is 0 Å². The summed E-state index contributed by atoms with van der Waals surface area (Å²) in [4.78, 5) is 8.99. The minimum absolute atomic E-state index is 0.580. The highest BCUT2D eigenvalue weighted by Crippen LogP contribution is 2.21. The fourth-order valence-corrected chi connectivity index (χ4v) is 3.08. The van der Waals surface area contributed by atoms with Crippen LogP contribution in [0.5, 0.6) is 0 Å². The molecule has 1 heterocycles. The summed E-state index contributed by atoms with van der Waals surface area (Å²) in [5.74, 6) is 1.43. The van der Waals surface area contributed by atoms with Crippen LogP contribution in [0, 0.1) is 6.92 Å². The molecule has 0 saturated carbocycles. The summed E-state index contributed by atoms with van der Waals surface area (Å²) >= 11 is 6.02. The second-order valence-electron chi connectivity index (χ2n) is 6.14. The third kappa shape index (κ3) is 4.96. The van der Waals surface area contributed by atoms with E-state index < -0.39 is 0 Å². The van der Waals surface area contributed by atoms with Crippen molar-refractivity contribution in [2.24, 2.45) is 0 Å². The number of aryl methyl sites for hydroxylation is 1. The van der Waals surface area contributed by atoms with E-state index in [0.29, 0.717) is 11.0 Å². The highest BCUT2D eigenvalue weighted by Gasteiger charge is 2.06. The van der Waals surface area contributed by atoms with Crippen LogP contribution < -0.4 is 10.6 Å². The van der Waals surface area contributed by atoms with Gasteiger partial charge in [0.15, 0.2) is 0 Å². The monoisotopic (exact) mass is 342 g/mol. The van der Waals surface area contributed by atoms with Crippen molar-refractivity contribution in [3.8, 4) is 0 Å². The molecular formula is C19H23ClN4.